The van der Waals surface area contributed by atoms with Crippen LogP contribution in [-0.4, -0.2) is 54.4 Å². The van der Waals surface area contributed by atoms with E-state index in [1.165, 1.54) is 11.1 Å². The molecule has 1 aromatic heterocycles. The van der Waals surface area contributed by atoms with Gasteiger partial charge in [-0.2, -0.15) is 0 Å². The Bertz CT molecular complexity index is 1160. The Kier molecular flexibility index (Phi) is 8.00. The molecule has 0 saturated carbocycles. The average Bonchev–Trinajstić information content (AvgIpc) is 2.89. The van der Waals surface area contributed by atoms with Crippen molar-refractivity contribution in [3.05, 3.63) is 89.6 Å². The van der Waals surface area contributed by atoms with Crippen LogP contribution in [0.5, 0.6) is 0 Å². The second-order valence-electron chi connectivity index (χ2n) is 9.58. The predicted octanol–water partition coefficient (Wildman–Crippen LogP) is 4.13. The van der Waals surface area contributed by atoms with Gasteiger partial charge in [0.15, 0.2) is 0 Å². The van der Waals surface area contributed by atoms with Crippen molar-refractivity contribution in [2.24, 2.45) is 0 Å². The maximum absolute atomic E-state index is 13.4. The third kappa shape index (κ3) is 5.91. The van der Waals surface area contributed by atoms with Gasteiger partial charge in [0, 0.05) is 26.7 Å². The molecule has 2 heterocycles. The van der Waals surface area contributed by atoms with Gasteiger partial charge in [-0.25, -0.2) is 4.98 Å². The highest BCUT2D eigenvalue weighted by Gasteiger charge is 2.29. The molecule has 1 aliphatic rings. The van der Waals surface area contributed by atoms with Gasteiger partial charge < -0.3 is 20.4 Å². The third-order valence-corrected chi connectivity index (χ3v) is 6.88. The van der Waals surface area contributed by atoms with Crippen molar-refractivity contribution in [1.29, 1.82) is 0 Å². The molecule has 7 heteroatoms. The van der Waals surface area contributed by atoms with Crippen molar-refractivity contribution in [1.82, 2.24) is 15.2 Å². The number of nitrogens with zero attached hydrogens (tertiary/aromatic N) is 3. The minimum absolute atomic E-state index is 0.0928. The summed E-state index contributed by atoms with van der Waals surface area (Å²) in [7, 11) is 1.83. The van der Waals surface area contributed by atoms with Gasteiger partial charge in [0.2, 0.25) is 11.8 Å². The molecule has 0 radical (unpaired) electrons. The smallest absolute Gasteiger partial charge is 0.247 e. The van der Waals surface area contributed by atoms with E-state index in [0.29, 0.717) is 18.9 Å². The molecule has 1 fully saturated rings. The molecule has 36 heavy (non-hydrogen) atoms. The largest absolute Gasteiger partial charge is 0.357 e. The number of benzene rings is 2. The van der Waals surface area contributed by atoms with Crippen molar-refractivity contribution in [2.45, 2.75) is 38.8 Å². The number of aromatic nitrogens is 1. The van der Waals surface area contributed by atoms with Gasteiger partial charge in [0.05, 0.1) is 11.9 Å². The van der Waals surface area contributed by atoms with Crippen LogP contribution < -0.4 is 15.5 Å². The summed E-state index contributed by atoms with van der Waals surface area (Å²) in [6.45, 7) is 8.21. The van der Waals surface area contributed by atoms with Crippen LogP contribution in [0.3, 0.4) is 0 Å². The van der Waals surface area contributed by atoms with Gasteiger partial charge in [-0.05, 0) is 43.0 Å². The highest BCUT2D eigenvalue weighted by Crippen LogP contribution is 2.23. The molecule has 1 saturated heterocycles. The number of aryl methyl sites for hydroxylation is 1. The maximum Gasteiger partial charge on any atom is 0.247 e. The third-order valence-electron chi connectivity index (χ3n) is 6.88. The summed E-state index contributed by atoms with van der Waals surface area (Å²) < 4.78 is 0. The first kappa shape index (κ1) is 25.4. The molecule has 0 spiro atoms. The standard InChI is InChI=1S/C29H35N5O2/c1-20-10-12-23(13-11-20)21(2)18-31-27(24-8-6-5-7-9-24)28(35)32-26-15-14-25(19-30-26)34-17-16-33(4)29(36)22(34)3/h5-15,19,21-22,27,31H,16-18H2,1-4H3,(H,30,32,35)/t21?,22-,27-/m1/s1. The molecule has 188 valence electrons. The molecular formula is C29H35N5O2. The van der Waals surface area contributed by atoms with Gasteiger partial charge >= 0.3 is 0 Å². The Balaban J connectivity index is 1.44. The number of carbonyl (C=O) groups excluding carboxylic acids is 2. The normalized spacial score (nSPS) is 17.6. The van der Waals surface area contributed by atoms with Gasteiger partial charge in [-0.3, -0.25) is 9.59 Å². The van der Waals surface area contributed by atoms with E-state index in [9.17, 15) is 9.59 Å². The molecule has 2 amide bonds. The number of amides is 2. The van der Waals surface area contributed by atoms with Crippen LogP contribution in [0.1, 0.15) is 42.5 Å². The molecule has 0 aliphatic carbocycles. The Labute approximate surface area is 213 Å². The zero-order valence-corrected chi connectivity index (χ0v) is 21.4. The molecular weight excluding hydrogens is 450 g/mol. The van der Waals surface area contributed by atoms with E-state index in [4.69, 9.17) is 0 Å². The van der Waals surface area contributed by atoms with Gasteiger partial charge in [-0.1, -0.05) is 67.1 Å². The van der Waals surface area contributed by atoms with Crippen LogP contribution in [0.4, 0.5) is 11.5 Å². The lowest BCUT2D eigenvalue weighted by molar-refractivity contribution is -0.132. The van der Waals surface area contributed by atoms with Crippen molar-refractivity contribution in [3.8, 4) is 0 Å². The Hall–Kier alpha value is -3.71. The number of nitrogens with one attached hydrogen (secondary N) is 2. The lowest BCUT2D eigenvalue weighted by Gasteiger charge is -2.38. The number of pyridine rings is 1. The van der Waals surface area contributed by atoms with Crippen molar-refractivity contribution in [3.63, 3.8) is 0 Å². The molecule has 3 atom stereocenters. The van der Waals surface area contributed by atoms with Crippen molar-refractivity contribution < 1.29 is 9.59 Å². The summed E-state index contributed by atoms with van der Waals surface area (Å²) in [5.41, 5.74) is 4.22. The van der Waals surface area contributed by atoms with E-state index in [2.05, 4.69) is 53.7 Å². The lowest BCUT2D eigenvalue weighted by Crippen LogP contribution is -2.54. The first-order valence-electron chi connectivity index (χ1n) is 12.5. The first-order chi connectivity index (χ1) is 17.3. The molecule has 2 N–H and O–H groups in total. The van der Waals surface area contributed by atoms with E-state index < -0.39 is 6.04 Å². The zero-order chi connectivity index (χ0) is 25.7. The van der Waals surface area contributed by atoms with Crippen LogP contribution in [-0.2, 0) is 9.59 Å². The summed E-state index contributed by atoms with van der Waals surface area (Å²) >= 11 is 0. The maximum atomic E-state index is 13.4. The van der Waals surface area contributed by atoms with E-state index in [0.717, 1.165) is 17.8 Å². The molecule has 4 rings (SSSR count). The lowest BCUT2D eigenvalue weighted by atomic mass is 9.98. The predicted molar refractivity (Wildman–Crippen MR) is 144 cm³/mol. The average molecular weight is 486 g/mol. The van der Waals surface area contributed by atoms with Crippen LogP contribution in [0.25, 0.3) is 0 Å². The molecule has 3 aromatic rings. The topological polar surface area (TPSA) is 77.6 Å². The summed E-state index contributed by atoms with van der Waals surface area (Å²) in [5, 5.41) is 6.42. The quantitative estimate of drug-likeness (QED) is 0.502. The summed E-state index contributed by atoms with van der Waals surface area (Å²) in [6, 6.07) is 21.2. The number of rotatable bonds is 8. The van der Waals surface area contributed by atoms with Gasteiger partial charge in [0.1, 0.15) is 17.9 Å². The number of hydrogen-bond acceptors (Lipinski definition) is 5. The minimum atomic E-state index is -0.518. The zero-order valence-electron chi connectivity index (χ0n) is 21.4. The number of piperazine rings is 1. The van der Waals surface area contributed by atoms with Crippen molar-refractivity contribution in [2.75, 3.05) is 36.9 Å². The summed E-state index contributed by atoms with van der Waals surface area (Å²) in [6.07, 6.45) is 1.72. The number of anilines is 2. The Morgan fingerprint density at radius 3 is 2.42 bits per heavy atom. The summed E-state index contributed by atoms with van der Waals surface area (Å²) in [4.78, 5) is 34.0. The van der Waals surface area contributed by atoms with E-state index in [1.807, 2.05) is 55.3 Å². The van der Waals surface area contributed by atoms with Gasteiger partial charge in [0.25, 0.3) is 0 Å². The fourth-order valence-electron chi connectivity index (χ4n) is 4.51. The van der Waals surface area contributed by atoms with E-state index >= 15 is 0 Å². The highest BCUT2D eigenvalue weighted by atomic mass is 16.2. The monoisotopic (exact) mass is 485 g/mol. The second kappa shape index (κ2) is 11.4. The molecule has 7 nitrogen and oxygen atoms in total. The van der Waals surface area contributed by atoms with Crippen LogP contribution in [0.15, 0.2) is 72.9 Å². The first-order valence-corrected chi connectivity index (χ1v) is 12.5. The highest BCUT2D eigenvalue weighted by molar-refractivity contribution is 5.95. The van der Waals surface area contributed by atoms with Gasteiger partial charge in [-0.15, -0.1) is 0 Å². The van der Waals surface area contributed by atoms with Crippen molar-refractivity contribution >= 4 is 23.3 Å². The minimum Gasteiger partial charge on any atom is -0.357 e. The molecule has 1 unspecified atom stereocenters. The number of carbonyl (C=O) groups is 2. The van der Waals surface area contributed by atoms with Crippen LogP contribution in [0, 0.1) is 6.92 Å². The Morgan fingerprint density at radius 1 is 1.03 bits per heavy atom. The second-order valence-corrected chi connectivity index (χ2v) is 9.58. The molecule has 1 aliphatic heterocycles. The van der Waals surface area contributed by atoms with Crippen LogP contribution in [0.2, 0.25) is 0 Å². The fraction of sp³-hybridized carbons (Fsp3) is 0.345. The van der Waals surface area contributed by atoms with Crippen LogP contribution >= 0.6 is 0 Å². The van der Waals surface area contributed by atoms with E-state index in [-0.39, 0.29) is 23.8 Å². The molecule has 0 bridgehead atoms. The SMILES string of the molecule is Cc1ccc(C(C)CN[C@@H](C(=O)Nc2ccc(N3CCN(C)C(=O)[C@H]3C)cn2)c2ccccc2)cc1. The summed E-state index contributed by atoms with van der Waals surface area (Å²) in [5.74, 6) is 0.650. The number of likely N-dealkylation sites (N-methyl/N-ethyl adjacent to an activating group) is 1. The Morgan fingerprint density at radius 2 is 1.75 bits per heavy atom. The fourth-order valence-corrected chi connectivity index (χ4v) is 4.51. The number of hydrogen-bond donors (Lipinski definition) is 2. The molecule has 2 aromatic carbocycles. The van der Waals surface area contributed by atoms with E-state index in [1.54, 1.807) is 17.2 Å².